The zero-order valence-electron chi connectivity index (χ0n) is 10.2. The summed E-state index contributed by atoms with van der Waals surface area (Å²) in [6, 6.07) is 9.64. The molecule has 1 aromatic carbocycles. The van der Waals surface area contributed by atoms with Gasteiger partial charge in [0, 0.05) is 0 Å². The Morgan fingerprint density at radius 2 is 2.06 bits per heavy atom. The summed E-state index contributed by atoms with van der Waals surface area (Å²) in [6.45, 7) is 2.87. The van der Waals surface area contributed by atoms with E-state index in [4.69, 9.17) is 10.00 Å². The molecule has 92 valence electrons. The van der Waals surface area contributed by atoms with E-state index in [1.807, 2.05) is 30.3 Å². The summed E-state index contributed by atoms with van der Waals surface area (Å²) in [7, 11) is 0. The highest BCUT2D eigenvalue weighted by Gasteiger charge is 2.04. The average molecular weight is 233 g/mol. The molecule has 0 heterocycles. The minimum absolute atomic E-state index is 0.175. The van der Waals surface area contributed by atoms with Gasteiger partial charge >= 0.3 is 0 Å². The molecule has 0 fully saturated rings. The lowest BCUT2D eigenvalue weighted by molar-refractivity contribution is 0.180. The first kappa shape index (κ1) is 13.5. The highest BCUT2D eigenvalue weighted by Crippen LogP contribution is 2.14. The molecule has 1 atom stereocenters. The van der Waals surface area contributed by atoms with Gasteiger partial charge < -0.3 is 9.84 Å². The summed E-state index contributed by atoms with van der Waals surface area (Å²) in [5.41, 5.74) is 1.02. The molecule has 0 bridgehead atoms. The predicted octanol–water partition coefficient (Wildman–Crippen LogP) is 2.68. The number of rotatable bonds is 7. The van der Waals surface area contributed by atoms with Crippen LogP contribution >= 0.6 is 0 Å². The van der Waals surface area contributed by atoms with Crippen molar-refractivity contribution in [1.29, 1.82) is 5.26 Å². The van der Waals surface area contributed by atoms with Crippen molar-refractivity contribution in [2.75, 3.05) is 6.61 Å². The van der Waals surface area contributed by atoms with E-state index in [1.165, 1.54) is 0 Å². The monoisotopic (exact) mass is 233 g/mol. The van der Waals surface area contributed by atoms with Crippen LogP contribution in [-0.2, 0) is 6.42 Å². The smallest absolute Gasteiger partial charge is 0.119 e. The Hall–Kier alpha value is -1.53. The van der Waals surface area contributed by atoms with Crippen LogP contribution in [0.25, 0.3) is 0 Å². The molecule has 0 aliphatic carbocycles. The van der Waals surface area contributed by atoms with E-state index in [2.05, 4.69) is 6.92 Å². The van der Waals surface area contributed by atoms with E-state index < -0.39 is 6.10 Å². The third kappa shape index (κ3) is 5.37. The van der Waals surface area contributed by atoms with Gasteiger partial charge in [-0.1, -0.05) is 25.5 Å². The van der Waals surface area contributed by atoms with Crippen molar-refractivity contribution < 1.29 is 9.84 Å². The molecule has 0 radical (unpaired) electrons. The number of ether oxygens (including phenoxy) is 1. The number of unbranched alkanes of at least 4 members (excludes halogenated alkanes) is 1. The average Bonchev–Trinajstić information content (AvgIpc) is 2.32. The van der Waals surface area contributed by atoms with E-state index in [1.54, 1.807) is 0 Å². The maximum Gasteiger partial charge on any atom is 0.119 e. The largest absolute Gasteiger partial charge is 0.494 e. The predicted molar refractivity (Wildman–Crippen MR) is 66.8 cm³/mol. The Kier molecular flexibility index (Phi) is 6.13. The van der Waals surface area contributed by atoms with Gasteiger partial charge in [0.1, 0.15) is 5.75 Å². The van der Waals surface area contributed by atoms with Gasteiger partial charge in [0.05, 0.1) is 25.2 Å². The zero-order valence-corrected chi connectivity index (χ0v) is 10.2. The number of nitrogens with zero attached hydrogens (tertiary/aromatic N) is 1. The van der Waals surface area contributed by atoms with Crippen molar-refractivity contribution in [1.82, 2.24) is 0 Å². The zero-order chi connectivity index (χ0) is 12.5. The molecule has 1 N–H and O–H groups in total. The van der Waals surface area contributed by atoms with Crippen LogP contribution in [0.2, 0.25) is 0 Å². The van der Waals surface area contributed by atoms with Crippen molar-refractivity contribution in [3.05, 3.63) is 29.8 Å². The highest BCUT2D eigenvalue weighted by molar-refractivity contribution is 5.27. The van der Waals surface area contributed by atoms with E-state index >= 15 is 0 Å². The molecule has 3 heteroatoms. The van der Waals surface area contributed by atoms with Crippen LogP contribution in [0, 0.1) is 11.3 Å². The van der Waals surface area contributed by atoms with Crippen LogP contribution in [0.15, 0.2) is 24.3 Å². The first-order valence-electron chi connectivity index (χ1n) is 6.03. The van der Waals surface area contributed by atoms with Gasteiger partial charge in [0.15, 0.2) is 0 Å². The summed E-state index contributed by atoms with van der Waals surface area (Å²) in [5, 5.41) is 17.9. The van der Waals surface area contributed by atoms with Gasteiger partial charge in [0.25, 0.3) is 0 Å². The number of hydrogen-bond acceptors (Lipinski definition) is 3. The van der Waals surface area contributed by atoms with E-state index in [0.29, 0.717) is 6.42 Å². The normalized spacial score (nSPS) is 11.8. The van der Waals surface area contributed by atoms with Crippen molar-refractivity contribution >= 4 is 0 Å². The number of aliphatic hydroxyl groups is 1. The fourth-order valence-electron chi connectivity index (χ4n) is 1.51. The van der Waals surface area contributed by atoms with Crippen molar-refractivity contribution in [2.45, 2.75) is 38.7 Å². The molecule has 17 heavy (non-hydrogen) atoms. The summed E-state index contributed by atoms with van der Waals surface area (Å²) >= 11 is 0. The fraction of sp³-hybridized carbons (Fsp3) is 0.500. The van der Waals surface area contributed by atoms with Crippen LogP contribution < -0.4 is 4.74 Å². The molecule has 0 aliphatic rings. The first-order valence-corrected chi connectivity index (χ1v) is 6.03. The first-order chi connectivity index (χ1) is 8.26. The Balaban J connectivity index is 2.42. The molecule has 0 spiro atoms. The standard InChI is InChI=1S/C14H19NO2/c1-2-3-10-17-14-6-4-12(5-7-14)11-13(16)8-9-15/h4-7,13,16H,2-3,8,10-11H2,1H3/t13-/m1/s1. The van der Waals surface area contributed by atoms with Gasteiger partial charge in [-0.25, -0.2) is 0 Å². The van der Waals surface area contributed by atoms with Crippen LogP contribution in [0.1, 0.15) is 31.7 Å². The molecule has 0 aromatic heterocycles. The molecule has 3 nitrogen and oxygen atoms in total. The van der Waals surface area contributed by atoms with Gasteiger partial charge in [-0.15, -0.1) is 0 Å². The van der Waals surface area contributed by atoms with Crippen molar-refractivity contribution in [3.8, 4) is 11.8 Å². The molecular weight excluding hydrogens is 214 g/mol. The number of nitriles is 1. The lowest BCUT2D eigenvalue weighted by Gasteiger charge is -2.08. The summed E-state index contributed by atoms with van der Waals surface area (Å²) in [4.78, 5) is 0. The number of aliphatic hydroxyl groups excluding tert-OH is 1. The van der Waals surface area contributed by atoms with Crippen LogP contribution in [0.5, 0.6) is 5.75 Å². The second kappa shape index (κ2) is 7.70. The maximum atomic E-state index is 9.49. The van der Waals surface area contributed by atoms with E-state index in [9.17, 15) is 5.11 Å². The fourth-order valence-corrected chi connectivity index (χ4v) is 1.51. The van der Waals surface area contributed by atoms with E-state index in [0.717, 1.165) is 30.8 Å². The molecular formula is C14H19NO2. The second-order valence-electron chi connectivity index (χ2n) is 4.07. The van der Waals surface area contributed by atoms with E-state index in [-0.39, 0.29) is 6.42 Å². The Morgan fingerprint density at radius 3 is 2.65 bits per heavy atom. The minimum atomic E-state index is -0.577. The van der Waals surface area contributed by atoms with Crippen LogP contribution in [0.3, 0.4) is 0 Å². The second-order valence-corrected chi connectivity index (χ2v) is 4.07. The molecule has 1 rings (SSSR count). The number of benzene rings is 1. The van der Waals surface area contributed by atoms with Crippen LogP contribution in [0.4, 0.5) is 0 Å². The number of hydrogen-bond donors (Lipinski definition) is 1. The Labute approximate surface area is 103 Å². The Morgan fingerprint density at radius 1 is 1.35 bits per heavy atom. The summed E-state index contributed by atoms with van der Waals surface area (Å²) in [6.07, 6.45) is 2.30. The minimum Gasteiger partial charge on any atom is -0.494 e. The van der Waals surface area contributed by atoms with Crippen molar-refractivity contribution in [2.24, 2.45) is 0 Å². The topological polar surface area (TPSA) is 53.2 Å². The van der Waals surface area contributed by atoms with Gasteiger partial charge in [-0.2, -0.15) is 5.26 Å². The molecule has 0 amide bonds. The Bertz CT molecular complexity index is 353. The SMILES string of the molecule is CCCCOc1ccc(C[C@H](O)CC#N)cc1. The summed E-state index contributed by atoms with van der Waals surface area (Å²) in [5.74, 6) is 0.858. The molecule has 1 aromatic rings. The quantitative estimate of drug-likeness (QED) is 0.737. The van der Waals surface area contributed by atoms with Crippen molar-refractivity contribution in [3.63, 3.8) is 0 Å². The summed E-state index contributed by atoms with van der Waals surface area (Å²) < 4.78 is 5.54. The molecule has 0 saturated heterocycles. The maximum absolute atomic E-state index is 9.49. The molecule has 0 unspecified atom stereocenters. The van der Waals surface area contributed by atoms with Gasteiger partial charge in [-0.3, -0.25) is 0 Å². The lowest BCUT2D eigenvalue weighted by Crippen LogP contribution is -2.09. The third-order valence-corrected chi connectivity index (χ3v) is 2.49. The molecule has 0 saturated carbocycles. The third-order valence-electron chi connectivity index (χ3n) is 2.49. The lowest BCUT2D eigenvalue weighted by atomic mass is 10.1. The highest BCUT2D eigenvalue weighted by atomic mass is 16.5. The van der Waals surface area contributed by atoms with Gasteiger partial charge in [0.2, 0.25) is 0 Å². The van der Waals surface area contributed by atoms with Gasteiger partial charge in [-0.05, 0) is 30.5 Å². The molecule has 0 aliphatic heterocycles. The van der Waals surface area contributed by atoms with Crippen LogP contribution in [-0.4, -0.2) is 17.8 Å².